The van der Waals surface area contributed by atoms with Gasteiger partial charge in [-0.3, -0.25) is 9.69 Å². The van der Waals surface area contributed by atoms with Gasteiger partial charge in [0.2, 0.25) is 5.91 Å². The minimum Gasteiger partial charge on any atom is -0.392 e. The van der Waals surface area contributed by atoms with Gasteiger partial charge >= 0.3 is 0 Å². The first kappa shape index (κ1) is 17.0. The van der Waals surface area contributed by atoms with E-state index in [0.29, 0.717) is 19.0 Å². The van der Waals surface area contributed by atoms with Crippen LogP contribution in [0.1, 0.15) is 55.7 Å². The molecule has 1 aliphatic carbocycles. The molecule has 2 aliphatic heterocycles. The Balaban J connectivity index is 1.55. The number of amides is 1. The van der Waals surface area contributed by atoms with Crippen LogP contribution in [-0.2, 0) is 11.2 Å². The van der Waals surface area contributed by atoms with Gasteiger partial charge in [-0.1, -0.05) is 43.5 Å². The average molecular weight is 342 g/mol. The molecule has 2 fully saturated rings. The minimum absolute atomic E-state index is 0.249. The lowest BCUT2D eigenvalue weighted by Gasteiger charge is -2.43. The molecule has 4 heteroatoms. The highest BCUT2D eigenvalue weighted by atomic mass is 16.3. The van der Waals surface area contributed by atoms with Crippen molar-refractivity contribution in [3.8, 4) is 0 Å². The molecule has 1 unspecified atom stereocenters. The fourth-order valence-corrected chi connectivity index (χ4v) is 5.07. The van der Waals surface area contributed by atoms with Crippen LogP contribution in [-0.4, -0.2) is 53.1 Å². The van der Waals surface area contributed by atoms with Crippen molar-refractivity contribution in [2.24, 2.45) is 5.92 Å². The summed E-state index contributed by atoms with van der Waals surface area (Å²) in [5.74, 6) is 0.850. The third kappa shape index (κ3) is 3.61. The van der Waals surface area contributed by atoms with Gasteiger partial charge in [0.1, 0.15) is 0 Å². The smallest absolute Gasteiger partial charge is 0.237 e. The molecule has 25 heavy (non-hydrogen) atoms. The van der Waals surface area contributed by atoms with Gasteiger partial charge in [0.15, 0.2) is 0 Å². The van der Waals surface area contributed by atoms with Gasteiger partial charge in [-0.05, 0) is 42.7 Å². The molecule has 2 heterocycles. The van der Waals surface area contributed by atoms with Crippen LogP contribution in [0.15, 0.2) is 24.3 Å². The number of likely N-dealkylation sites (tertiary alicyclic amines) is 1. The summed E-state index contributed by atoms with van der Waals surface area (Å²) in [6, 6.07) is 8.99. The zero-order valence-electron chi connectivity index (χ0n) is 15.1. The molecule has 0 bridgehead atoms. The number of carbonyl (C=O) groups is 1. The number of hydrogen-bond acceptors (Lipinski definition) is 3. The van der Waals surface area contributed by atoms with Crippen LogP contribution in [0.2, 0.25) is 0 Å². The zero-order chi connectivity index (χ0) is 17.2. The first-order chi connectivity index (χ1) is 12.2. The van der Waals surface area contributed by atoms with E-state index >= 15 is 0 Å². The van der Waals surface area contributed by atoms with Gasteiger partial charge in [0.25, 0.3) is 0 Å². The van der Waals surface area contributed by atoms with Crippen LogP contribution < -0.4 is 0 Å². The van der Waals surface area contributed by atoms with Gasteiger partial charge in [-0.25, -0.2) is 0 Å². The maximum absolute atomic E-state index is 13.1. The number of rotatable bonds is 3. The normalized spacial score (nSPS) is 28.1. The van der Waals surface area contributed by atoms with Crippen molar-refractivity contribution in [1.82, 2.24) is 9.80 Å². The molecule has 2 atom stereocenters. The van der Waals surface area contributed by atoms with Crippen molar-refractivity contribution >= 4 is 5.91 Å². The maximum Gasteiger partial charge on any atom is 0.237 e. The second kappa shape index (κ2) is 7.46. The summed E-state index contributed by atoms with van der Waals surface area (Å²) in [6.45, 7) is 2.78. The van der Waals surface area contributed by atoms with Gasteiger partial charge in [-0.2, -0.15) is 0 Å². The molecule has 1 saturated heterocycles. The first-order valence-electron chi connectivity index (χ1n) is 10.00. The highest BCUT2D eigenvalue weighted by molar-refractivity contribution is 5.79. The van der Waals surface area contributed by atoms with Crippen LogP contribution in [0.3, 0.4) is 0 Å². The summed E-state index contributed by atoms with van der Waals surface area (Å²) < 4.78 is 0. The monoisotopic (exact) mass is 342 g/mol. The molecule has 0 spiro atoms. The van der Waals surface area contributed by atoms with E-state index in [0.717, 1.165) is 25.9 Å². The predicted molar refractivity (Wildman–Crippen MR) is 98.2 cm³/mol. The highest BCUT2D eigenvalue weighted by Gasteiger charge is 2.37. The maximum atomic E-state index is 13.1. The number of benzene rings is 1. The van der Waals surface area contributed by atoms with Crippen molar-refractivity contribution in [3.63, 3.8) is 0 Å². The quantitative estimate of drug-likeness (QED) is 0.919. The summed E-state index contributed by atoms with van der Waals surface area (Å²) >= 11 is 0. The van der Waals surface area contributed by atoms with E-state index in [2.05, 4.69) is 34.1 Å². The van der Waals surface area contributed by atoms with Crippen LogP contribution in [0.5, 0.6) is 0 Å². The molecule has 1 N–H and O–H groups in total. The Labute approximate surface area is 150 Å². The van der Waals surface area contributed by atoms with E-state index < -0.39 is 0 Å². The SMILES string of the molecule is O=C(CN1CC[C@H](O)C1)N1CCc2ccccc2C1C1CCCCC1. The Morgan fingerprint density at radius 2 is 1.88 bits per heavy atom. The summed E-state index contributed by atoms with van der Waals surface area (Å²) in [7, 11) is 0. The largest absolute Gasteiger partial charge is 0.392 e. The minimum atomic E-state index is -0.260. The molecule has 3 aliphatic rings. The summed E-state index contributed by atoms with van der Waals surface area (Å²) in [5, 5.41) is 9.74. The zero-order valence-corrected chi connectivity index (χ0v) is 15.1. The van der Waals surface area contributed by atoms with Crippen molar-refractivity contribution < 1.29 is 9.90 Å². The molecule has 1 saturated carbocycles. The molecule has 0 aromatic heterocycles. The molecule has 1 aromatic carbocycles. The molecular weight excluding hydrogens is 312 g/mol. The van der Waals surface area contributed by atoms with E-state index in [1.54, 1.807) is 0 Å². The van der Waals surface area contributed by atoms with Gasteiger partial charge < -0.3 is 10.0 Å². The topological polar surface area (TPSA) is 43.8 Å². The Morgan fingerprint density at radius 1 is 1.08 bits per heavy atom. The Kier molecular flexibility index (Phi) is 5.09. The summed E-state index contributed by atoms with van der Waals surface area (Å²) in [4.78, 5) is 17.4. The second-order valence-corrected chi connectivity index (χ2v) is 8.06. The van der Waals surface area contributed by atoms with E-state index in [1.807, 2.05) is 0 Å². The number of aliphatic hydroxyl groups excluding tert-OH is 1. The Hall–Kier alpha value is -1.39. The van der Waals surface area contributed by atoms with Gasteiger partial charge in [0.05, 0.1) is 18.7 Å². The van der Waals surface area contributed by atoms with Crippen LogP contribution in [0.25, 0.3) is 0 Å². The standard InChI is InChI=1S/C21H30N2O2/c24-18-11-12-22(14-18)15-20(25)23-13-10-16-6-4-5-9-19(16)21(23)17-7-2-1-3-8-17/h4-6,9,17-18,21,24H,1-3,7-8,10-15H2/t18-,21?/m0/s1. The van der Waals surface area contributed by atoms with Gasteiger partial charge in [0, 0.05) is 19.6 Å². The van der Waals surface area contributed by atoms with Crippen LogP contribution >= 0.6 is 0 Å². The van der Waals surface area contributed by atoms with E-state index in [4.69, 9.17) is 0 Å². The lowest BCUT2D eigenvalue weighted by Crippen LogP contribution is -2.47. The second-order valence-electron chi connectivity index (χ2n) is 8.06. The Bertz CT molecular complexity index is 612. The van der Waals surface area contributed by atoms with Crippen LogP contribution in [0.4, 0.5) is 0 Å². The highest BCUT2D eigenvalue weighted by Crippen LogP contribution is 2.42. The number of hydrogen-bond donors (Lipinski definition) is 1. The first-order valence-corrected chi connectivity index (χ1v) is 10.00. The molecule has 4 rings (SSSR count). The molecule has 136 valence electrons. The number of fused-ring (bicyclic) bond motifs is 1. The molecule has 1 aromatic rings. The fourth-order valence-electron chi connectivity index (χ4n) is 5.07. The van der Waals surface area contributed by atoms with Crippen LogP contribution in [0, 0.1) is 5.92 Å². The number of aliphatic hydroxyl groups is 1. The van der Waals surface area contributed by atoms with Crippen molar-refractivity contribution in [2.45, 2.75) is 57.1 Å². The lowest BCUT2D eigenvalue weighted by atomic mass is 9.77. The average Bonchev–Trinajstić information content (AvgIpc) is 3.06. The van der Waals surface area contributed by atoms with E-state index in [-0.39, 0.29) is 18.1 Å². The molecule has 4 nitrogen and oxygen atoms in total. The number of nitrogens with zero attached hydrogens (tertiary/aromatic N) is 2. The third-order valence-electron chi connectivity index (χ3n) is 6.35. The predicted octanol–water partition coefficient (Wildman–Crippen LogP) is 2.76. The van der Waals surface area contributed by atoms with E-state index in [9.17, 15) is 9.90 Å². The van der Waals surface area contributed by atoms with Crippen molar-refractivity contribution in [1.29, 1.82) is 0 Å². The Morgan fingerprint density at radius 3 is 2.64 bits per heavy atom. The lowest BCUT2D eigenvalue weighted by molar-refractivity contribution is -0.136. The number of carbonyl (C=O) groups excluding carboxylic acids is 1. The van der Waals surface area contributed by atoms with E-state index in [1.165, 1.54) is 43.2 Å². The third-order valence-corrected chi connectivity index (χ3v) is 6.35. The molecule has 1 amide bonds. The summed E-state index contributed by atoms with van der Waals surface area (Å²) in [6.07, 6.45) is 7.91. The van der Waals surface area contributed by atoms with Gasteiger partial charge in [-0.15, -0.1) is 0 Å². The molecule has 0 radical (unpaired) electrons. The number of β-amino-alcohol motifs (C(OH)–C–C–N with tert-alkyl or cyclic N) is 1. The summed E-state index contributed by atoms with van der Waals surface area (Å²) in [5.41, 5.74) is 2.81. The van der Waals surface area contributed by atoms with Crippen molar-refractivity contribution in [3.05, 3.63) is 35.4 Å². The fraction of sp³-hybridized carbons (Fsp3) is 0.667. The van der Waals surface area contributed by atoms with Crippen molar-refractivity contribution in [2.75, 3.05) is 26.2 Å². The molecular formula is C21H30N2O2.